The van der Waals surface area contributed by atoms with Gasteiger partial charge in [-0.1, -0.05) is 30.8 Å². The second-order valence-electron chi connectivity index (χ2n) is 5.43. The topological polar surface area (TPSA) is 58.2 Å². The Balaban J connectivity index is 2.30. The van der Waals surface area contributed by atoms with E-state index in [-0.39, 0.29) is 23.7 Å². The molecule has 5 heteroatoms. The van der Waals surface area contributed by atoms with Gasteiger partial charge in [-0.15, -0.1) is 0 Å². The molecule has 2 rings (SSSR count). The zero-order valence-electron chi connectivity index (χ0n) is 13.6. The lowest BCUT2D eigenvalue weighted by molar-refractivity contribution is -0.117. The van der Waals surface area contributed by atoms with Crippen molar-refractivity contribution in [1.82, 2.24) is 5.32 Å². The molecule has 0 heterocycles. The fraction of sp³-hybridized carbons (Fsp3) is 0.158. The Morgan fingerprint density at radius 2 is 1.83 bits per heavy atom. The van der Waals surface area contributed by atoms with Crippen LogP contribution < -0.4 is 10.6 Å². The highest BCUT2D eigenvalue weighted by molar-refractivity contribution is 5.94. The van der Waals surface area contributed by atoms with Gasteiger partial charge in [-0.2, -0.15) is 0 Å². The van der Waals surface area contributed by atoms with Crippen molar-refractivity contribution in [3.63, 3.8) is 0 Å². The summed E-state index contributed by atoms with van der Waals surface area (Å²) < 4.78 is 13.6. The van der Waals surface area contributed by atoms with Gasteiger partial charge in [0.25, 0.3) is 0 Å². The van der Waals surface area contributed by atoms with Gasteiger partial charge in [-0.25, -0.2) is 4.39 Å². The minimum atomic E-state index is -0.380. The fourth-order valence-electron chi connectivity index (χ4n) is 2.36. The standard InChI is InChI=1S/C19H19FN2O2/c1-4-19(24)21-12(2)14-5-7-15(8-6-14)17-11-16(20)9-10-18(17)22-13(3)23/h4-12H,1H2,2-3H3,(H,21,24)(H,22,23)/t12-/m1/s1. The number of carbonyl (C=O) groups excluding carboxylic acids is 2. The zero-order valence-corrected chi connectivity index (χ0v) is 13.6. The van der Waals surface area contributed by atoms with Crippen molar-refractivity contribution in [2.45, 2.75) is 19.9 Å². The molecule has 2 aromatic rings. The van der Waals surface area contributed by atoms with Gasteiger partial charge < -0.3 is 10.6 Å². The van der Waals surface area contributed by atoms with Crippen LogP contribution in [0, 0.1) is 5.82 Å². The summed E-state index contributed by atoms with van der Waals surface area (Å²) in [6, 6.07) is 11.4. The molecule has 0 fully saturated rings. The van der Waals surface area contributed by atoms with Crippen LogP contribution in [0.4, 0.5) is 10.1 Å². The molecule has 0 saturated heterocycles. The zero-order chi connectivity index (χ0) is 17.7. The van der Waals surface area contributed by atoms with Crippen molar-refractivity contribution in [2.24, 2.45) is 0 Å². The van der Waals surface area contributed by atoms with Crippen LogP contribution in [0.1, 0.15) is 25.5 Å². The second-order valence-corrected chi connectivity index (χ2v) is 5.43. The predicted molar refractivity (Wildman–Crippen MR) is 92.9 cm³/mol. The van der Waals surface area contributed by atoms with Gasteiger partial charge >= 0.3 is 0 Å². The summed E-state index contributed by atoms with van der Waals surface area (Å²) in [6.07, 6.45) is 1.22. The molecular formula is C19H19FN2O2. The maximum absolute atomic E-state index is 13.6. The van der Waals surface area contributed by atoms with E-state index >= 15 is 0 Å². The van der Waals surface area contributed by atoms with E-state index in [0.717, 1.165) is 11.1 Å². The SMILES string of the molecule is C=CC(=O)N[C@H](C)c1ccc(-c2cc(F)ccc2NC(C)=O)cc1. The molecule has 0 aliphatic carbocycles. The molecule has 0 aromatic heterocycles. The highest BCUT2D eigenvalue weighted by Gasteiger charge is 2.11. The van der Waals surface area contributed by atoms with Crippen LogP contribution in [-0.4, -0.2) is 11.8 Å². The van der Waals surface area contributed by atoms with E-state index in [9.17, 15) is 14.0 Å². The van der Waals surface area contributed by atoms with Crippen molar-refractivity contribution in [1.29, 1.82) is 0 Å². The quantitative estimate of drug-likeness (QED) is 0.821. The van der Waals surface area contributed by atoms with Gasteiger partial charge in [-0.3, -0.25) is 9.59 Å². The molecule has 2 aromatic carbocycles. The lowest BCUT2D eigenvalue weighted by Crippen LogP contribution is -2.24. The van der Waals surface area contributed by atoms with Crippen LogP contribution >= 0.6 is 0 Å². The Bertz CT molecular complexity index is 769. The van der Waals surface area contributed by atoms with Crippen molar-refractivity contribution in [3.05, 3.63) is 66.5 Å². The number of anilines is 1. The summed E-state index contributed by atoms with van der Waals surface area (Å²) >= 11 is 0. The average Bonchev–Trinajstić information content (AvgIpc) is 2.56. The van der Waals surface area contributed by atoms with E-state index < -0.39 is 0 Å². The molecule has 0 unspecified atom stereocenters. The maximum atomic E-state index is 13.6. The van der Waals surface area contributed by atoms with Gasteiger partial charge in [0, 0.05) is 18.2 Å². The van der Waals surface area contributed by atoms with E-state index in [4.69, 9.17) is 0 Å². The maximum Gasteiger partial charge on any atom is 0.243 e. The Morgan fingerprint density at radius 3 is 2.42 bits per heavy atom. The first-order valence-electron chi connectivity index (χ1n) is 7.51. The largest absolute Gasteiger partial charge is 0.346 e. The van der Waals surface area contributed by atoms with Gasteiger partial charge in [0.15, 0.2) is 0 Å². The molecule has 2 amide bonds. The van der Waals surface area contributed by atoms with Crippen LogP contribution in [-0.2, 0) is 9.59 Å². The number of hydrogen-bond acceptors (Lipinski definition) is 2. The highest BCUT2D eigenvalue weighted by atomic mass is 19.1. The molecule has 0 aliphatic rings. The molecule has 0 radical (unpaired) electrons. The minimum absolute atomic E-state index is 0.174. The average molecular weight is 326 g/mol. The van der Waals surface area contributed by atoms with E-state index in [0.29, 0.717) is 11.3 Å². The normalized spacial score (nSPS) is 11.5. The van der Waals surface area contributed by atoms with E-state index in [1.54, 1.807) is 0 Å². The number of nitrogens with one attached hydrogen (secondary N) is 2. The first-order chi connectivity index (χ1) is 11.4. The third kappa shape index (κ3) is 4.29. The number of carbonyl (C=O) groups is 2. The molecule has 0 saturated carbocycles. The van der Waals surface area contributed by atoms with Crippen molar-refractivity contribution in [2.75, 3.05) is 5.32 Å². The molecule has 4 nitrogen and oxygen atoms in total. The van der Waals surface area contributed by atoms with Crippen molar-refractivity contribution < 1.29 is 14.0 Å². The van der Waals surface area contributed by atoms with Crippen LogP contribution in [0.2, 0.25) is 0 Å². The molecule has 24 heavy (non-hydrogen) atoms. The minimum Gasteiger partial charge on any atom is -0.346 e. The van der Waals surface area contributed by atoms with Gasteiger partial charge in [0.05, 0.1) is 6.04 Å². The number of halogens is 1. The lowest BCUT2D eigenvalue weighted by Gasteiger charge is -2.15. The van der Waals surface area contributed by atoms with E-state index in [1.165, 1.54) is 31.2 Å². The fourth-order valence-corrected chi connectivity index (χ4v) is 2.36. The van der Waals surface area contributed by atoms with E-state index in [1.807, 2.05) is 31.2 Å². The summed E-state index contributed by atoms with van der Waals surface area (Å²) in [4.78, 5) is 22.7. The molecule has 2 N–H and O–H groups in total. The van der Waals surface area contributed by atoms with Gasteiger partial charge in [0.1, 0.15) is 5.82 Å². The molecule has 0 bridgehead atoms. The first kappa shape index (κ1) is 17.4. The highest BCUT2D eigenvalue weighted by Crippen LogP contribution is 2.30. The third-order valence-electron chi connectivity index (χ3n) is 3.56. The second kappa shape index (κ2) is 7.55. The number of amides is 2. The molecule has 0 aliphatic heterocycles. The third-order valence-corrected chi connectivity index (χ3v) is 3.56. The van der Waals surface area contributed by atoms with Crippen LogP contribution in [0.3, 0.4) is 0 Å². The first-order valence-corrected chi connectivity index (χ1v) is 7.51. The van der Waals surface area contributed by atoms with Gasteiger partial charge in [-0.05, 0) is 42.3 Å². The summed E-state index contributed by atoms with van der Waals surface area (Å²) in [5.74, 6) is -0.848. The summed E-state index contributed by atoms with van der Waals surface area (Å²) in [6.45, 7) is 6.69. The Labute approximate surface area is 140 Å². The monoisotopic (exact) mass is 326 g/mol. The smallest absolute Gasteiger partial charge is 0.243 e. The molecule has 124 valence electrons. The Morgan fingerprint density at radius 1 is 1.17 bits per heavy atom. The summed E-state index contributed by atoms with van der Waals surface area (Å²) in [7, 11) is 0. The molecular weight excluding hydrogens is 307 g/mol. The van der Waals surface area contributed by atoms with Crippen molar-refractivity contribution in [3.8, 4) is 11.1 Å². The lowest BCUT2D eigenvalue weighted by atomic mass is 9.99. The summed E-state index contributed by atoms with van der Waals surface area (Å²) in [5.41, 5.74) is 2.82. The van der Waals surface area contributed by atoms with Gasteiger partial charge in [0.2, 0.25) is 11.8 Å². The van der Waals surface area contributed by atoms with Crippen molar-refractivity contribution >= 4 is 17.5 Å². The van der Waals surface area contributed by atoms with E-state index in [2.05, 4.69) is 17.2 Å². The Hall–Kier alpha value is -2.95. The molecule has 1 atom stereocenters. The van der Waals surface area contributed by atoms with Crippen LogP contribution in [0.5, 0.6) is 0 Å². The number of hydrogen-bond donors (Lipinski definition) is 2. The Kier molecular flexibility index (Phi) is 5.47. The predicted octanol–water partition coefficient (Wildman–Crippen LogP) is 3.81. The summed E-state index contributed by atoms with van der Waals surface area (Å²) in [5, 5.41) is 5.47. The number of benzene rings is 2. The van der Waals surface area contributed by atoms with Crippen LogP contribution in [0.15, 0.2) is 55.1 Å². The van der Waals surface area contributed by atoms with Crippen LogP contribution in [0.25, 0.3) is 11.1 Å². The molecule has 0 spiro atoms. The number of rotatable bonds is 5.